The summed E-state index contributed by atoms with van der Waals surface area (Å²) in [5.74, 6) is -1.77. The molecule has 6 heteroatoms. The first-order valence-electron chi connectivity index (χ1n) is 7.12. The van der Waals surface area contributed by atoms with E-state index in [1.54, 1.807) is 6.07 Å². The molecule has 2 aromatic rings. The molecule has 0 spiro atoms. The number of halogens is 2. The first-order valence-corrected chi connectivity index (χ1v) is 7.50. The van der Waals surface area contributed by atoms with E-state index in [0.717, 1.165) is 18.1 Å². The Bertz CT molecular complexity index is 734. The van der Waals surface area contributed by atoms with Crippen molar-refractivity contribution >= 4 is 29.1 Å². The smallest absolute Gasteiger partial charge is 0.254 e. The summed E-state index contributed by atoms with van der Waals surface area (Å²) >= 11 is 5.74. The maximum atomic E-state index is 13.6. The van der Waals surface area contributed by atoms with Crippen LogP contribution in [0.3, 0.4) is 0 Å². The summed E-state index contributed by atoms with van der Waals surface area (Å²) in [4.78, 5) is 23.8. The monoisotopic (exact) mass is 334 g/mol. The van der Waals surface area contributed by atoms with Crippen molar-refractivity contribution < 1.29 is 14.0 Å². The maximum absolute atomic E-state index is 13.6. The second-order valence-electron chi connectivity index (χ2n) is 4.87. The van der Waals surface area contributed by atoms with E-state index in [1.165, 1.54) is 12.1 Å². The van der Waals surface area contributed by atoms with E-state index in [9.17, 15) is 14.0 Å². The molecule has 0 unspecified atom stereocenters. The minimum atomic E-state index is -0.691. The third-order valence-corrected chi connectivity index (χ3v) is 3.49. The highest BCUT2D eigenvalue weighted by atomic mass is 35.5. The molecule has 0 aliphatic heterocycles. The van der Waals surface area contributed by atoms with Gasteiger partial charge in [-0.05, 0) is 36.2 Å². The number of rotatable bonds is 5. The number of carbonyl (C=O) groups excluding carboxylic acids is 2. The Kier molecular flexibility index (Phi) is 5.71. The van der Waals surface area contributed by atoms with Gasteiger partial charge in [0.05, 0.1) is 12.1 Å². The Labute approximate surface area is 138 Å². The average molecular weight is 335 g/mol. The number of amides is 2. The van der Waals surface area contributed by atoms with E-state index in [4.69, 9.17) is 11.6 Å². The highest BCUT2D eigenvalue weighted by Gasteiger charge is 2.13. The summed E-state index contributed by atoms with van der Waals surface area (Å²) in [5, 5.41) is 5.34. The fourth-order valence-corrected chi connectivity index (χ4v) is 2.24. The van der Waals surface area contributed by atoms with Gasteiger partial charge >= 0.3 is 0 Å². The van der Waals surface area contributed by atoms with Gasteiger partial charge in [0, 0.05) is 10.7 Å². The molecule has 0 aliphatic rings. The van der Waals surface area contributed by atoms with E-state index in [2.05, 4.69) is 10.6 Å². The third-order valence-electron chi connectivity index (χ3n) is 3.25. The molecule has 0 fully saturated rings. The molecule has 0 bridgehead atoms. The largest absolute Gasteiger partial charge is 0.343 e. The van der Waals surface area contributed by atoms with Crippen molar-refractivity contribution in [3.05, 3.63) is 64.4 Å². The minimum Gasteiger partial charge on any atom is -0.343 e. The number of hydrogen-bond acceptors (Lipinski definition) is 2. The van der Waals surface area contributed by atoms with Crippen molar-refractivity contribution in [2.45, 2.75) is 13.3 Å². The molecule has 2 N–H and O–H groups in total. The molecule has 23 heavy (non-hydrogen) atoms. The Morgan fingerprint density at radius 3 is 2.65 bits per heavy atom. The van der Waals surface area contributed by atoms with Crippen LogP contribution in [0.2, 0.25) is 5.02 Å². The number of para-hydroxylation sites is 1. The van der Waals surface area contributed by atoms with Gasteiger partial charge in [0.1, 0.15) is 5.82 Å². The van der Waals surface area contributed by atoms with Gasteiger partial charge in [0.25, 0.3) is 5.91 Å². The molecule has 0 atom stereocenters. The zero-order chi connectivity index (χ0) is 16.8. The van der Waals surface area contributed by atoms with Crippen LogP contribution in [0, 0.1) is 5.82 Å². The zero-order valence-electron chi connectivity index (χ0n) is 12.5. The number of carbonyl (C=O) groups is 2. The SMILES string of the molecule is CCc1ccccc1NC(=O)CNC(=O)c1cc(Cl)ccc1F. The first-order chi connectivity index (χ1) is 11.0. The van der Waals surface area contributed by atoms with Gasteiger partial charge in [-0.3, -0.25) is 9.59 Å². The highest BCUT2D eigenvalue weighted by Crippen LogP contribution is 2.16. The number of nitrogens with one attached hydrogen (secondary N) is 2. The Morgan fingerprint density at radius 2 is 1.91 bits per heavy atom. The van der Waals surface area contributed by atoms with E-state index in [1.807, 2.05) is 25.1 Å². The molecular formula is C17H16ClFN2O2. The molecule has 120 valence electrons. The standard InChI is InChI=1S/C17H16ClFN2O2/c1-2-11-5-3-4-6-15(11)21-16(22)10-20-17(23)13-9-12(18)7-8-14(13)19/h3-9H,2,10H2,1H3,(H,20,23)(H,21,22). The lowest BCUT2D eigenvalue weighted by Gasteiger charge is -2.10. The molecule has 2 amide bonds. The zero-order valence-corrected chi connectivity index (χ0v) is 13.3. The van der Waals surface area contributed by atoms with Crippen LogP contribution >= 0.6 is 11.6 Å². The summed E-state index contributed by atoms with van der Waals surface area (Å²) in [6.45, 7) is 1.72. The van der Waals surface area contributed by atoms with Crippen molar-refractivity contribution in [3.8, 4) is 0 Å². The van der Waals surface area contributed by atoms with Gasteiger partial charge in [-0.1, -0.05) is 36.7 Å². The second-order valence-corrected chi connectivity index (χ2v) is 5.30. The normalized spacial score (nSPS) is 10.2. The molecule has 2 aromatic carbocycles. The fourth-order valence-electron chi connectivity index (χ4n) is 2.07. The van der Waals surface area contributed by atoms with Gasteiger partial charge in [0.15, 0.2) is 0 Å². The van der Waals surface area contributed by atoms with E-state index >= 15 is 0 Å². The highest BCUT2D eigenvalue weighted by molar-refractivity contribution is 6.31. The van der Waals surface area contributed by atoms with Gasteiger partial charge in [0.2, 0.25) is 5.91 Å². The van der Waals surface area contributed by atoms with Gasteiger partial charge in [-0.25, -0.2) is 4.39 Å². The number of benzene rings is 2. The molecule has 4 nitrogen and oxygen atoms in total. The van der Waals surface area contributed by atoms with Crippen LogP contribution < -0.4 is 10.6 Å². The molecule has 0 saturated heterocycles. The predicted molar refractivity (Wildman–Crippen MR) is 88.2 cm³/mol. The van der Waals surface area contributed by atoms with Crippen molar-refractivity contribution in [1.82, 2.24) is 5.32 Å². The van der Waals surface area contributed by atoms with Crippen LogP contribution in [0.5, 0.6) is 0 Å². The molecule has 0 aromatic heterocycles. The van der Waals surface area contributed by atoms with Crippen LogP contribution in [0.1, 0.15) is 22.8 Å². The predicted octanol–water partition coefficient (Wildman–Crippen LogP) is 3.41. The van der Waals surface area contributed by atoms with E-state index < -0.39 is 11.7 Å². The van der Waals surface area contributed by atoms with E-state index in [-0.39, 0.29) is 23.0 Å². The van der Waals surface area contributed by atoms with Crippen LogP contribution in [0.15, 0.2) is 42.5 Å². The lowest BCUT2D eigenvalue weighted by molar-refractivity contribution is -0.115. The molecule has 0 radical (unpaired) electrons. The maximum Gasteiger partial charge on any atom is 0.254 e. The molecule has 2 rings (SSSR count). The van der Waals surface area contributed by atoms with Crippen molar-refractivity contribution in [2.75, 3.05) is 11.9 Å². The summed E-state index contributed by atoms with van der Waals surface area (Å²) in [7, 11) is 0. The third kappa shape index (κ3) is 4.53. The second kappa shape index (κ2) is 7.74. The molecule has 0 saturated carbocycles. The minimum absolute atomic E-state index is 0.195. The van der Waals surface area contributed by atoms with Crippen molar-refractivity contribution in [2.24, 2.45) is 0 Å². The summed E-state index contributed by atoms with van der Waals surface area (Å²) < 4.78 is 13.6. The average Bonchev–Trinajstić information content (AvgIpc) is 2.55. The van der Waals surface area contributed by atoms with Crippen LogP contribution in [-0.4, -0.2) is 18.4 Å². The van der Waals surface area contributed by atoms with Crippen molar-refractivity contribution in [3.63, 3.8) is 0 Å². The van der Waals surface area contributed by atoms with Crippen LogP contribution in [0.25, 0.3) is 0 Å². The first kappa shape index (κ1) is 17.0. The van der Waals surface area contributed by atoms with Crippen LogP contribution in [-0.2, 0) is 11.2 Å². The fraction of sp³-hybridized carbons (Fsp3) is 0.176. The number of anilines is 1. The van der Waals surface area contributed by atoms with E-state index in [0.29, 0.717) is 5.69 Å². The molecule has 0 heterocycles. The van der Waals surface area contributed by atoms with Crippen LogP contribution in [0.4, 0.5) is 10.1 Å². The van der Waals surface area contributed by atoms with Crippen molar-refractivity contribution in [1.29, 1.82) is 0 Å². The van der Waals surface area contributed by atoms with Gasteiger partial charge < -0.3 is 10.6 Å². The molecule has 0 aliphatic carbocycles. The van der Waals surface area contributed by atoms with Gasteiger partial charge in [-0.15, -0.1) is 0 Å². The summed E-state index contributed by atoms with van der Waals surface area (Å²) in [6.07, 6.45) is 0.774. The number of hydrogen-bond donors (Lipinski definition) is 2. The lowest BCUT2D eigenvalue weighted by Crippen LogP contribution is -2.33. The Morgan fingerprint density at radius 1 is 1.17 bits per heavy atom. The summed E-state index contributed by atoms with van der Waals surface area (Å²) in [6, 6.07) is 11.1. The number of aryl methyl sites for hydroxylation is 1. The topological polar surface area (TPSA) is 58.2 Å². The lowest BCUT2D eigenvalue weighted by atomic mass is 10.1. The Balaban J connectivity index is 1.96. The summed E-state index contributed by atoms with van der Waals surface area (Å²) in [5.41, 5.74) is 1.50. The van der Waals surface area contributed by atoms with Gasteiger partial charge in [-0.2, -0.15) is 0 Å². The quantitative estimate of drug-likeness (QED) is 0.880. The molecular weight excluding hydrogens is 319 g/mol. The Hall–Kier alpha value is -2.40.